The van der Waals surface area contributed by atoms with Crippen LogP contribution in [0.1, 0.15) is 47.1 Å². The van der Waals surface area contributed by atoms with E-state index in [2.05, 4.69) is 16.0 Å². The van der Waals surface area contributed by atoms with E-state index in [1.165, 1.54) is 0 Å². The number of hydrogen-bond donors (Lipinski definition) is 3. The maximum absolute atomic E-state index is 11.9. The molecule has 7 heteroatoms. The van der Waals surface area contributed by atoms with Gasteiger partial charge >= 0.3 is 6.09 Å². The van der Waals surface area contributed by atoms with E-state index in [1.54, 1.807) is 32.9 Å². The first kappa shape index (κ1) is 21.5. The van der Waals surface area contributed by atoms with Gasteiger partial charge in [0.1, 0.15) is 12.1 Å². The maximum atomic E-state index is 11.9. The van der Waals surface area contributed by atoms with Gasteiger partial charge in [0.15, 0.2) is 0 Å². The van der Waals surface area contributed by atoms with Crippen molar-refractivity contribution in [3.8, 4) is 0 Å². The normalized spacial score (nSPS) is 11.5. The third-order valence-electron chi connectivity index (χ3n) is 3.17. The first-order chi connectivity index (χ1) is 11.9. The molecule has 0 aliphatic rings. The van der Waals surface area contributed by atoms with Gasteiger partial charge in [-0.1, -0.05) is 32.9 Å². The molecule has 0 saturated heterocycles. The van der Waals surface area contributed by atoms with Crippen LogP contribution in [-0.4, -0.2) is 30.1 Å². The van der Waals surface area contributed by atoms with E-state index in [4.69, 9.17) is 4.74 Å². The molecule has 144 valence electrons. The zero-order chi connectivity index (χ0) is 20.0. The Morgan fingerprint density at radius 3 is 2.00 bits per heavy atom. The van der Waals surface area contributed by atoms with Crippen LogP contribution in [-0.2, 0) is 20.9 Å². The molecular weight excluding hydrogens is 334 g/mol. The summed E-state index contributed by atoms with van der Waals surface area (Å²) >= 11 is 0. The zero-order valence-corrected chi connectivity index (χ0v) is 16.4. The van der Waals surface area contributed by atoms with Gasteiger partial charge in [0.2, 0.25) is 11.8 Å². The molecule has 0 atom stereocenters. The lowest BCUT2D eigenvalue weighted by atomic mass is 9.95. The molecule has 0 aliphatic carbocycles. The fourth-order valence-electron chi connectivity index (χ4n) is 1.75. The number of ether oxygens (including phenoxy) is 1. The van der Waals surface area contributed by atoms with E-state index in [-0.39, 0.29) is 18.4 Å². The van der Waals surface area contributed by atoms with E-state index >= 15 is 0 Å². The molecule has 0 radical (unpaired) electrons. The van der Waals surface area contributed by atoms with Crippen molar-refractivity contribution in [2.24, 2.45) is 5.41 Å². The SMILES string of the molecule is CC(C)(C)OC(=O)NCC(=O)NCc1ccc(NC(=O)C(C)(C)C)cc1. The van der Waals surface area contributed by atoms with Crippen molar-refractivity contribution in [1.29, 1.82) is 0 Å². The molecule has 1 rings (SSSR count). The predicted molar refractivity (Wildman–Crippen MR) is 101 cm³/mol. The van der Waals surface area contributed by atoms with Crippen LogP contribution in [0.4, 0.5) is 10.5 Å². The number of rotatable bonds is 5. The molecule has 3 amide bonds. The highest BCUT2D eigenvalue weighted by Crippen LogP contribution is 2.17. The van der Waals surface area contributed by atoms with Crippen LogP contribution in [0.3, 0.4) is 0 Å². The van der Waals surface area contributed by atoms with Crippen LogP contribution in [0.15, 0.2) is 24.3 Å². The third-order valence-corrected chi connectivity index (χ3v) is 3.17. The van der Waals surface area contributed by atoms with Crippen LogP contribution in [0.5, 0.6) is 0 Å². The summed E-state index contributed by atoms with van der Waals surface area (Å²) in [6.45, 7) is 10.9. The average molecular weight is 363 g/mol. The average Bonchev–Trinajstić information content (AvgIpc) is 2.49. The number of nitrogens with one attached hydrogen (secondary N) is 3. The molecular formula is C19H29N3O4. The van der Waals surface area contributed by atoms with Crippen molar-refractivity contribution in [2.75, 3.05) is 11.9 Å². The molecule has 0 aromatic heterocycles. The predicted octanol–water partition coefficient (Wildman–Crippen LogP) is 2.81. The molecule has 0 saturated carbocycles. The molecule has 0 fully saturated rings. The number of carbonyl (C=O) groups excluding carboxylic acids is 3. The lowest BCUT2D eigenvalue weighted by Gasteiger charge is -2.19. The van der Waals surface area contributed by atoms with Crippen molar-refractivity contribution in [1.82, 2.24) is 10.6 Å². The van der Waals surface area contributed by atoms with Crippen molar-refractivity contribution in [3.63, 3.8) is 0 Å². The Morgan fingerprint density at radius 1 is 0.923 bits per heavy atom. The van der Waals surface area contributed by atoms with E-state index in [1.807, 2.05) is 32.9 Å². The second-order valence-electron chi connectivity index (χ2n) is 8.03. The highest BCUT2D eigenvalue weighted by Gasteiger charge is 2.21. The molecule has 26 heavy (non-hydrogen) atoms. The van der Waals surface area contributed by atoms with Crippen molar-refractivity contribution >= 4 is 23.6 Å². The van der Waals surface area contributed by atoms with Gasteiger partial charge in [-0.2, -0.15) is 0 Å². The molecule has 1 aromatic rings. The molecule has 0 bridgehead atoms. The highest BCUT2D eigenvalue weighted by molar-refractivity contribution is 5.94. The van der Waals surface area contributed by atoms with Gasteiger partial charge < -0.3 is 20.7 Å². The van der Waals surface area contributed by atoms with E-state index in [0.29, 0.717) is 12.2 Å². The Bertz CT molecular complexity index is 640. The summed E-state index contributed by atoms with van der Waals surface area (Å²) in [7, 11) is 0. The van der Waals surface area contributed by atoms with E-state index < -0.39 is 17.1 Å². The molecule has 0 spiro atoms. The number of amides is 3. The second-order valence-corrected chi connectivity index (χ2v) is 8.03. The van der Waals surface area contributed by atoms with Crippen LogP contribution in [0.25, 0.3) is 0 Å². The van der Waals surface area contributed by atoms with Gasteiger partial charge in [-0.3, -0.25) is 9.59 Å². The third kappa shape index (κ3) is 8.50. The first-order valence-electron chi connectivity index (χ1n) is 8.51. The van der Waals surface area contributed by atoms with Gasteiger partial charge in [0.05, 0.1) is 0 Å². The molecule has 1 aromatic carbocycles. The van der Waals surface area contributed by atoms with Crippen molar-refractivity contribution in [2.45, 2.75) is 53.7 Å². The van der Waals surface area contributed by atoms with Crippen LogP contribution in [0.2, 0.25) is 0 Å². The Kier molecular flexibility index (Phi) is 7.18. The Morgan fingerprint density at radius 2 is 1.50 bits per heavy atom. The Hall–Kier alpha value is -2.57. The summed E-state index contributed by atoms with van der Waals surface area (Å²) in [6, 6.07) is 7.20. The number of hydrogen-bond acceptors (Lipinski definition) is 4. The highest BCUT2D eigenvalue weighted by atomic mass is 16.6. The van der Waals surface area contributed by atoms with Crippen LogP contribution in [0, 0.1) is 5.41 Å². The first-order valence-corrected chi connectivity index (χ1v) is 8.51. The van der Waals surface area contributed by atoms with Gasteiger partial charge in [-0.25, -0.2) is 4.79 Å². The van der Waals surface area contributed by atoms with E-state index in [9.17, 15) is 14.4 Å². The van der Waals surface area contributed by atoms with Crippen molar-refractivity contribution < 1.29 is 19.1 Å². The van der Waals surface area contributed by atoms with Gasteiger partial charge in [-0.15, -0.1) is 0 Å². The molecule has 0 heterocycles. The maximum Gasteiger partial charge on any atom is 0.408 e. The van der Waals surface area contributed by atoms with Crippen molar-refractivity contribution in [3.05, 3.63) is 29.8 Å². The number of anilines is 1. The van der Waals surface area contributed by atoms with Gasteiger partial charge in [-0.05, 0) is 38.5 Å². The monoisotopic (exact) mass is 363 g/mol. The minimum Gasteiger partial charge on any atom is -0.444 e. The summed E-state index contributed by atoms with van der Waals surface area (Å²) in [5.74, 6) is -0.382. The fraction of sp³-hybridized carbons (Fsp3) is 0.526. The summed E-state index contributed by atoms with van der Waals surface area (Å²) in [4.78, 5) is 35.2. The summed E-state index contributed by atoms with van der Waals surface area (Å²) in [6.07, 6.45) is -0.633. The van der Waals surface area contributed by atoms with Gasteiger partial charge in [0.25, 0.3) is 0 Å². The number of benzene rings is 1. The Balaban J connectivity index is 2.40. The minimum atomic E-state index is -0.633. The van der Waals surface area contributed by atoms with Crippen LogP contribution < -0.4 is 16.0 Å². The summed E-state index contributed by atoms with van der Waals surface area (Å²) < 4.78 is 5.06. The quantitative estimate of drug-likeness (QED) is 0.749. The molecule has 7 nitrogen and oxygen atoms in total. The minimum absolute atomic E-state index is 0.0632. The summed E-state index contributed by atoms with van der Waals surface area (Å²) in [5, 5.41) is 7.94. The smallest absolute Gasteiger partial charge is 0.408 e. The van der Waals surface area contributed by atoms with E-state index in [0.717, 1.165) is 5.56 Å². The second kappa shape index (κ2) is 8.69. The summed E-state index contributed by atoms with van der Waals surface area (Å²) in [5.41, 5.74) is 0.509. The number of carbonyl (C=O) groups is 3. The topological polar surface area (TPSA) is 96.5 Å². The van der Waals surface area contributed by atoms with Crippen LogP contribution >= 0.6 is 0 Å². The largest absolute Gasteiger partial charge is 0.444 e. The van der Waals surface area contributed by atoms with Gasteiger partial charge in [0, 0.05) is 17.6 Å². The molecule has 3 N–H and O–H groups in total. The lowest BCUT2D eigenvalue weighted by molar-refractivity contribution is -0.123. The number of alkyl carbamates (subject to hydrolysis) is 1. The zero-order valence-electron chi connectivity index (χ0n) is 16.4. The molecule has 0 unspecified atom stereocenters. The lowest BCUT2D eigenvalue weighted by Crippen LogP contribution is -2.39. The fourth-order valence-corrected chi connectivity index (χ4v) is 1.75. The standard InChI is InChI=1S/C19H29N3O4/c1-18(2,3)16(24)22-14-9-7-13(8-10-14)11-20-15(23)12-21-17(25)26-19(4,5)6/h7-10H,11-12H2,1-6H3,(H,20,23)(H,21,25)(H,22,24). The molecule has 0 aliphatic heterocycles. The Labute approximate surface area is 154 Å².